The lowest BCUT2D eigenvalue weighted by Crippen LogP contribution is -2.47. The van der Waals surface area contributed by atoms with Gasteiger partial charge in [0.1, 0.15) is 5.78 Å². The lowest BCUT2D eigenvalue weighted by Gasteiger charge is -2.35. The summed E-state index contributed by atoms with van der Waals surface area (Å²) < 4.78 is 0. The van der Waals surface area contributed by atoms with Crippen molar-refractivity contribution in [2.45, 2.75) is 38.1 Å². The topological polar surface area (TPSA) is 86.6 Å². The molecule has 1 saturated heterocycles. The first-order valence-corrected chi connectivity index (χ1v) is 5.70. The maximum Gasteiger partial charge on any atom is 0.220 e. The van der Waals surface area contributed by atoms with Gasteiger partial charge in [0.25, 0.3) is 0 Å². The lowest BCUT2D eigenvalue weighted by atomic mass is 9.79. The van der Waals surface area contributed by atoms with Crippen LogP contribution in [0.25, 0.3) is 0 Å². The van der Waals surface area contributed by atoms with E-state index in [4.69, 9.17) is 10.2 Å². The van der Waals surface area contributed by atoms with Crippen LogP contribution < -0.4 is 5.32 Å². The normalized spacial score (nSPS) is 28.6. The maximum absolute atomic E-state index is 11.1. The number of carbonyl (C=O) groups is 2. The van der Waals surface area contributed by atoms with Gasteiger partial charge < -0.3 is 15.5 Å². The molecule has 1 heterocycles. The first-order valence-electron chi connectivity index (χ1n) is 5.70. The van der Waals surface area contributed by atoms with Gasteiger partial charge in [-0.15, -0.1) is 0 Å². The first-order chi connectivity index (χ1) is 7.67. The minimum Gasteiger partial charge on any atom is -0.394 e. The smallest absolute Gasteiger partial charge is 0.220 e. The van der Waals surface area contributed by atoms with Crippen LogP contribution in [-0.4, -0.2) is 41.2 Å². The van der Waals surface area contributed by atoms with Gasteiger partial charge in [0.15, 0.2) is 0 Å². The molecule has 2 atom stereocenters. The lowest BCUT2D eigenvalue weighted by molar-refractivity contribution is -0.129. The molecule has 0 bridgehead atoms. The third-order valence-electron chi connectivity index (χ3n) is 2.98. The van der Waals surface area contributed by atoms with Crippen LogP contribution in [0.3, 0.4) is 0 Å². The van der Waals surface area contributed by atoms with E-state index >= 15 is 0 Å². The molecule has 0 aromatic carbocycles. The Morgan fingerprint density at radius 1 is 1.12 bits per heavy atom. The Hall–Kier alpha value is -0.940. The highest BCUT2D eigenvalue weighted by Crippen LogP contribution is 2.28. The number of rotatable bonds is 1. The van der Waals surface area contributed by atoms with Crippen LogP contribution >= 0.6 is 0 Å². The van der Waals surface area contributed by atoms with Gasteiger partial charge >= 0.3 is 0 Å². The van der Waals surface area contributed by atoms with Crippen molar-refractivity contribution < 1.29 is 19.8 Å². The van der Waals surface area contributed by atoms with Gasteiger partial charge in [0.05, 0.1) is 13.2 Å². The molecule has 92 valence electrons. The van der Waals surface area contributed by atoms with Crippen molar-refractivity contribution in [2.75, 3.05) is 13.2 Å². The molecule has 2 fully saturated rings. The molecule has 5 heteroatoms. The number of aliphatic hydroxyl groups excluding tert-OH is 2. The monoisotopic (exact) mass is 229 g/mol. The fourth-order valence-corrected chi connectivity index (χ4v) is 2.18. The van der Waals surface area contributed by atoms with Crippen LogP contribution in [0.15, 0.2) is 0 Å². The highest BCUT2D eigenvalue weighted by Gasteiger charge is 2.33. The molecule has 1 aliphatic heterocycles. The minimum atomic E-state index is -0.125. The first kappa shape index (κ1) is 13.1. The number of amides is 1. The van der Waals surface area contributed by atoms with Crippen molar-refractivity contribution in [1.82, 2.24) is 5.32 Å². The van der Waals surface area contributed by atoms with Gasteiger partial charge in [-0.3, -0.25) is 9.59 Å². The van der Waals surface area contributed by atoms with E-state index in [1.807, 2.05) is 0 Å². The molecular formula is C11H19NO4. The van der Waals surface area contributed by atoms with Crippen LogP contribution in [0, 0.1) is 5.92 Å². The Kier molecular flexibility index (Phi) is 5.42. The molecule has 0 aromatic heterocycles. The van der Waals surface area contributed by atoms with Crippen molar-refractivity contribution in [3.63, 3.8) is 0 Å². The van der Waals surface area contributed by atoms with E-state index in [2.05, 4.69) is 5.32 Å². The molecule has 0 radical (unpaired) electrons. The molecule has 1 aliphatic carbocycles. The Morgan fingerprint density at radius 2 is 1.81 bits per heavy atom. The summed E-state index contributed by atoms with van der Waals surface area (Å²) in [6, 6.07) is 0.295. The number of nitrogens with one attached hydrogen (secondary N) is 1. The molecule has 1 amide bonds. The summed E-state index contributed by atoms with van der Waals surface area (Å²) in [4.78, 5) is 22.1. The fourth-order valence-electron chi connectivity index (χ4n) is 2.18. The van der Waals surface area contributed by atoms with E-state index in [9.17, 15) is 9.59 Å². The molecule has 16 heavy (non-hydrogen) atoms. The van der Waals surface area contributed by atoms with Gasteiger partial charge in [-0.25, -0.2) is 0 Å². The molecule has 5 nitrogen and oxygen atoms in total. The number of ketones is 1. The zero-order valence-corrected chi connectivity index (χ0v) is 9.32. The summed E-state index contributed by atoms with van der Waals surface area (Å²) >= 11 is 0. The van der Waals surface area contributed by atoms with Gasteiger partial charge in [0, 0.05) is 25.3 Å². The molecule has 1 saturated carbocycles. The van der Waals surface area contributed by atoms with Crippen molar-refractivity contribution >= 4 is 11.7 Å². The molecule has 0 aromatic rings. The van der Waals surface area contributed by atoms with E-state index in [1.165, 1.54) is 0 Å². The van der Waals surface area contributed by atoms with Gasteiger partial charge in [-0.2, -0.15) is 0 Å². The van der Waals surface area contributed by atoms with Crippen LogP contribution in [0.1, 0.15) is 32.1 Å². The standard InChI is InChI=1S/C9H13NO2.C2H6O2/c11-7-2-3-8-6(5-7)1-4-9(12)10-8;3-1-2-4/h6,8H,1-5H2,(H,10,12);3-4H,1-2H2. The summed E-state index contributed by atoms with van der Waals surface area (Å²) in [6.45, 7) is -0.250. The van der Waals surface area contributed by atoms with Gasteiger partial charge in [-0.05, 0) is 18.8 Å². The van der Waals surface area contributed by atoms with Crippen molar-refractivity contribution in [3.8, 4) is 0 Å². The second-order valence-electron chi connectivity index (χ2n) is 4.20. The average Bonchev–Trinajstić information content (AvgIpc) is 2.30. The second kappa shape index (κ2) is 6.60. The van der Waals surface area contributed by atoms with E-state index in [0.717, 1.165) is 12.8 Å². The number of aliphatic hydroxyl groups is 2. The Bertz CT molecular complexity index is 228. The molecule has 2 unspecified atom stereocenters. The number of fused-ring (bicyclic) bond motifs is 1. The molecule has 2 aliphatic rings. The van der Waals surface area contributed by atoms with E-state index < -0.39 is 0 Å². The van der Waals surface area contributed by atoms with Crippen LogP contribution in [0.4, 0.5) is 0 Å². The minimum absolute atomic E-state index is 0.125. The predicted molar refractivity (Wildman–Crippen MR) is 57.7 cm³/mol. The number of hydrogen-bond donors (Lipinski definition) is 3. The molecule has 0 spiro atoms. The van der Waals surface area contributed by atoms with E-state index in [1.54, 1.807) is 0 Å². The largest absolute Gasteiger partial charge is 0.394 e. The van der Waals surface area contributed by atoms with Crippen molar-refractivity contribution in [3.05, 3.63) is 0 Å². The van der Waals surface area contributed by atoms with E-state index in [0.29, 0.717) is 37.0 Å². The van der Waals surface area contributed by atoms with Crippen LogP contribution in [0.5, 0.6) is 0 Å². The molecular weight excluding hydrogens is 210 g/mol. The van der Waals surface area contributed by atoms with Gasteiger partial charge in [-0.1, -0.05) is 0 Å². The highest BCUT2D eigenvalue weighted by atomic mass is 16.3. The summed E-state index contributed by atoms with van der Waals surface area (Å²) in [5.41, 5.74) is 0. The van der Waals surface area contributed by atoms with Crippen LogP contribution in [0.2, 0.25) is 0 Å². The quantitative estimate of drug-likeness (QED) is 0.571. The number of Topliss-reactive ketones (excluding diaryl/α,β-unsaturated/α-hetero) is 1. The third kappa shape index (κ3) is 3.90. The van der Waals surface area contributed by atoms with Crippen molar-refractivity contribution in [2.24, 2.45) is 5.92 Å². The number of carbonyl (C=O) groups excluding carboxylic acids is 2. The van der Waals surface area contributed by atoms with E-state index in [-0.39, 0.29) is 19.1 Å². The molecule has 2 rings (SSSR count). The Labute approximate surface area is 94.8 Å². The SMILES string of the molecule is O=C1CCC2NC(=O)CCC2C1.OCCO. The fraction of sp³-hybridized carbons (Fsp3) is 0.818. The summed E-state index contributed by atoms with van der Waals surface area (Å²) in [7, 11) is 0. The summed E-state index contributed by atoms with van der Waals surface area (Å²) in [6.07, 6.45) is 3.71. The third-order valence-corrected chi connectivity index (χ3v) is 2.98. The predicted octanol–water partition coefficient (Wildman–Crippen LogP) is -0.395. The van der Waals surface area contributed by atoms with Crippen molar-refractivity contribution in [1.29, 1.82) is 0 Å². The number of piperidine rings is 1. The summed E-state index contributed by atoms with van der Waals surface area (Å²) in [5, 5.41) is 18.2. The Morgan fingerprint density at radius 3 is 2.44 bits per heavy atom. The highest BCUT2D eigenvalue weighted by molar-refractivity contribution is 5.82. The Balaban J connectivity index is 0.000000280. The zero-order chi connectivity index (χ0) is 12.0. The zero-order valence-electron chi connectivity index (χ0n) is 9.32. The maximum atomic E-state index is 11.1. The average molecular weight is 229 g/mol. The second-order valence-corrected chi connectivity index (χ2v) is 4.20. The number of hydrogen-bond acceptors (Lipinski definition) is 4. The van der Waals surface area contributed by atoms with Crippen LogP contribution in [-0.2, 0) is 9.59 Å². The molecule has 3 N–H and O–H groups in total. The van der Waals surface area contributed by atoms with Gasteiger partial charge in [0.2, 0.25) is 5.91 Å². The summed E-state index contributed by atoms with van der Waals surface area (Å²) in [5.74, 6) is 0.960.